The molecule has 0 radical (unpaired) electrons. The molecule has 0 bridgehead atoms. The number of hydrogen-bond acceptors (Lipinski definition) is 8. The third-order valence-corrected chi connectivity index (χ3v) is 3.70. The summed E-state index contributed by atoms with van der Waals surface area (Å²) in [5.41, 5.74) is 0.629. The van der Waals surface area contributed by atoms with E-state index in [1.54, 1.807) is 0 Å². The number of benzene rings is 2. The van der Waals surface area contributed by atoms with E-state index in [-0.39, 0.29) is 45.3 Å². The number of carboxylic acid groups (broad SMARTS) is 2. The van der Waals surface area contributed by atoms with Crippen molar-refractivity contribution >= 4 is 11.9 Å². The monoisotopic (exact) mass is 360 g/mol. The number of phenolic OH excluding ortho intramolecular Hbond substituents is 2. The van der Waals surface area contributed by atoms with E-state index in [4.69, 9.17) is 9.47 Å². The molecule has 0 aromatic heterocycles. The second-order valence-corrected chi connectivity index (χ2v) is 5.49. The van der Waals surface area contributed by atoms with Gasteiger partial charge in [-0.25, -0.2) is 0 Å². The number of ether oxygens (including phenoxy) is 2. The Bertz CT molecular complexity index is 785. The Hall–Kier alpha value is -3.42. The van der Waals surface area contributed by atoms with Crippen molar-refractivity contribution in [2.24, 2.45) is 0 Å². The predicted octanol–water partition coefficient (Wildman–Crippen LogP) is -0.633. The number of aromatic hydroxyl groups is 2. The maximum absolute atomic E-state index is 10.9. The van der Waals surface area contributed by atoms with Gasteiger partial charge in [-0.1, -0.05) is 0 Å². The second-order valence-electron chi connectivity index (χ2n) is 5.49. The second kappa shape index (κ2) is 7.64. The standard InChI is InChI=1S/C18H18O8/c1-25-13-5-9(7-15(19)20)3-11(17(13)23)12-4-10(8-16(21)22)6-14(26-2)18(12)24/h3-6,23-24H,7-8H2,1-2H3,(H,19,20)(H,21,22)/p-2. The Labute approximate surface area is 148 Å². The molecule has 8 nitrogen and oxygen atoms in total. The van der Waals surface area contributed by atoms with Gasteiger partial charge in [-0.3, -0.25) is 0 Å². The Morgan fingerprint density at radius 1 is 0.808 bits per heavy atom. The lowest BCUT2D eigenvalue weighted by Crippen LogP contribution is -2.24. The van der Waals surface area contributed by atoms with Crippen LogP contribution < -0.4 is 19.7 Å². The fourth-order valence-electron chi connectivity index (χ4n) is 2.59. The molecule has 0 atom stereocenters. The summed E-state index contributed by atoms with van der Waals surface area (Å²) in [4.78, 5) is 21.8. The predicted molar refractivity (Wildman–Crippen MR) is 85.7 cm³/mol. The zero-order valence-electron chi connectivity index (χ0n) is 14.1. The molecule has 0 amide bonds. The molecule has 0 saturated heterocycles. The number of carbonyl (C=O) groups is 2. The maximum Gasteiger partial charge on any atom is 0.165 e. The quantitative estimate of drug-likeness (QED) is 0.665. The fourth-order valence-corrected chi connectivity index (χ4v) is 2.59. The molecular formula is C18H16O8-2. The van der Waals surface area contributed by atoms with Crippen LogP contribution in [-0.2, 0) is 22.4 Å². The van der Waals surface area contributed by atoms with E-state index in [9.17, 15) is 30.0 Å². The van der Waals surface area contributed by atoms with Gasteiger partial charge in [-0.05, 0) is 35.4 Å². The van der Waals surface area contributed by atoms with E-state index in [0.29, 0.717) is 0 Å². The van der Waals surface area contributed by atoms with Gasteiger partial charge in [0.2, 0.25) is 0 Å². The van der Waals surface area contributed by atoms with Crippen LogP contribution in [0.25, 0.3) is 11.1 Å². The molecule has 0 spiro atoms. The van der Waals surface area contributed by atoms with Gasteiger partial charge in [-0.15, -0.1) is 0 Å². The van der Waals surface area contributed by atoms with Crippen LogP contribution in [0.3, 0.4) is 0 Å². The van der Waals surface area contributed by atoms with E-state index >= 15 is 0 Å². The number of carbonyl (C=O) groups excluding carboxylic acids is 2. The van der Waals surface area contributed by atoms with Crippen molar-refractivity contribution in [3.05, 3.63) is 35.4 Å². The SMILES string of the molecule is COc1cc(CC(=O)[O-])cc(-c2cc(CC(=O)[O-])cc(OC)c2O)c1O. The van der Waals surface area contributed by atoms with Crippen molar-refractivity contribution < 1.29 is 39.5 Å². The van der Waals surface area contributed by atoms with Crippen molar-refractivity contribution in [1.82, 2.24) is 0 Å². The molecule has 26 heavy (non-hydrogen) atoms. The van der Waals surface area contributed by atoms with Crippen molar-refractivity contribution in [3.8, 4) is 34.1 Å². The summed E-state index contributed by atoms with van der Waals surface area (Å²) < 4.78 is 10.1. The summed E-state index contributed by atoms with van der Waals surface area (Å²) in [6.07, 6.45) is -0.888. The minimum Gasteiger partial charge on any atom is -0.550 e. The summed E-state index contributed by atoms with van der Waals surface area (Å²) in [7, 11) is 2.57. The van der Waals surface area contributed by atoms with Crippen molar-refractivity contribution in [3.63, 3.8) is 0 Å². The highest BCUT2D eigenvalue weighted by Crippen LogP contribution is 2.45. The van der Waals surface area contributed by atoms with E-state index in [1.165, 1.54) is 38.5 Å². The van der Waals surface area contributed by atoms with Crippen LogP contribution in [-0.4, -0.2) is 36.4 Å². The number of phenols is 2. The topological polar surface area (TPSA) is 139 Å². The van der Waals surface area contributed by atoms with Crippen LogP contribution in [0.4, 0.5) is 0 Å². The summed E-state index contributed by atoms with van der Waals surface area (Å²) >= 11 is 0. The molecule has 0 aliphatic rings. The molecule has 2 rings (SSSR count). The lowest BCUT2D eigenvalue weighted by Gasteiger charge is -2.16. The number of rotatable bonds is 7. The molecule has 2 N–H and O–H groups in total. The van der Waals surface area contributed by atoms with E-state index in [2.05, 4.69) is 0 Å². The van der Waals surface area contributed by atoms with Crippen LogP contribution in [0.1, 0.15) is 11.1 Å². The van der Waals surface area contributed by atoms with Gasteiger partial charge in [-0.2, -0.15) is 0 Å². The minimum absolute atomic E-state index is 0.0116. The third-order valence-electron chi connectivity index (χ3n) is 3.70. The van der Waals surface area contributed by atoms with E-state index < -0.39 is 24.8 Å². The van der Waals surface area contributed by atoms with Gasteiger partial charge in [0.05, 0.1) is 14.2 Å². The highest BCUT2D eigenvalue weighted by molar-refractivity contribution is 5.83. The third kappa shape index (κ3) is 3.97. The largest absolute Gasteiger partial charge is 0.550 e. The molecule has 0 aliphatic heterocycles. The highest BCUT2D eigenvalue weighted by atomic mass is 16.5. The van der Waals surface area contributed by atoms with Crippen LogP contribution >= 0.6 is 0 Å². The Morgan fingerprint density at radius 2 is 1.15 bits per heavy atom. The molecule has 0 fully saturated rings. The molecule has 8 heteroatoms. The molecule has 0 heterocycles. The van der Waals surface area contributed by atoms with Gasteiger partial charge in [0.25, 0.3) is 0 Å². The smallest absolute Gasteiger partial charge is 0.165 e. The van der Waals surface area contributed by atoms with Crippen LogP contribution in [0, 0.1) is 0 Å². The lowest BCUT2D eigenvalue weighted by atomic mass is 9.96. The maximum atomic E-state index is 10.9. The summed E-state index contributed by atoms with van der Waals surface area (Å²) in [6, 6.07) is 5.33. The van der Waals surface area contributed by atoms with Gasteiger partial charge in [0, 0.05) is 35.9 Å². The Balaban J connectivity index is 2.72. The van der Waals surface area contributed by atoms with Gasteiger partial charge in [0.1, 0.15) is 0 Å². The van der Waals surface area contributed by atoms with E-state index in [1.807, 2.05) is 0 Å². The Kier molecular flexibility index (Phi) is 5.56. The molecule has 0 saturated carbocycles. The fraction of sp³-hybridized carbons (Fsp3) is 0.222. The molecule has 2 aromatic rings. The number of methoxy groups -OCH3 is 2. The van der Waals surface area contributed by atoms with Crippen LogP contribution in [0.2, 0.25) is 0 Å². The van der Waals surface area contributed by atoms with Gasteiger partial charge >= 0.3 is 0 Å². The first-order valence-corrected chi connectivity index (χ1v) is 7.46. The van der Waals surface area contributed by atoms with Gasteiger partial charge in [0.15, 0.2) is 23.0 Å². The first-order valence-electron chi connectivity index (χ1n) is 7.46. The summed E-state index contributed by atoms with van der Waals surface area (Å²) in [6.45, 7) is 0. The average molecular weight is 360 g/mol. The zero-order valence-corrected chi connectivity index (χ0v) is 14.1. The first kappa shape index (κ1) is 18.9. The van der Waals surface area contributed by atoms with Crippen molar-refractivity contribution in [1.29, 1.82) is 0 Å². The van der Waals surface area contributed by atoms with Crippen LogP contribution in [0.15, 0.2) is 24.3 Å². The average Bonchev–Trinajstić information content (AvgIpc) is 2.56. The lowest BCUT2D eigenvalue weighted by molar-refractivity contribution is -0.306. The Morgan fingerprint density at radius 3 is 1.42 bits per heavy atom. The highest BCUT2D eigenvalue weighted by Gasteiger charge is 2.19. The van der Waals surface area contributed by atoms with Crippen molar-refractivity contribution in [2.45, 2.75) is 12.8 Å². The van der Waals surface area contributed by atoms with E-state index in [0.717, 1.165) is 0 Å². The summed E-state index contributed by atoms with van der Waals surface area (Å²) in [5, 5.41) is 42.6. The minimum atomic E-state index is -1.34. The number of aliphatic carboxylic acids is 2. The zero-order chi connectivity index (χ0) is 19.4. The summed E-state index contributed by atoms with van der Waals surface area (Å²) in [5.74, 6) is -3.40. The number of hydrogen-bond donors (Lipinski definition) is 2. The molecule has 0 unspecified atom stereocenters. The van der Waals surface area contributed by atoms with Crippen LogP contribution in [0.5, 0.6) is 23.0 Å². The van der Waals surface area contributed by atoms with Crippen molar-refractivity contribution in [2.75, 3.05) is 14.2 Å². The van der Waals surface area contributed by atoms with Gasteiger partial charge < -0.3 is 39.5 Å². The molecule has 2 aromatic carbocycles. The molecule has 138 valence electrons. The molecular weight excluding hydrogens is 344 g/mol. The first-order chi connectivity index (χ1) is 12.3. The molecule has 0 aliphatic carbocycles. The normalized spacial score (nSPS) is 10.4. The number of carboxylic acids is 2.